The Hall–Kier alpha value is -0.220. The fourth-order valence-corrected chi connectivity index (χ4v) is 7.38. The number of hydrogen-bond acceptors (Lipinski definition) is 5. The lowest BCUT2D eigenvalue weighted by Crippen LogP contribution is -2.41. The molecule has 0 bridgehead atoms. The molecule has 9 heteroatoms. The zero-order valence-corrected chi connectivity index (χ0v) is 14.8. The second kappa shape index (κ2) is 6.01. The van der Waals surface area contributed by atoms with Crippen molar-refractivity contribution in [1.82, 2.24) is 0 Å². The summed E-state index contributed by atoms with van der Waals surface area (Å²) in [5.41, 5.74) is 0. The first-order chi connectivity index (χ1) is 10.1. The molecule has 1 N–H and O–H groups in total. The van der Waals surface area contributed by atoms with Crippen molar-refractivity contribution in [3.05, 3.63) is 0 Å². The zero-order chi connectivity index (χ0) is 16.6. The van der Waals surface area contributed by atoms with Gasteiger partial charge < -0.3 is 4.74 Å². The van der Waals surface area contributed by atoms with E-state index in [0.717, 1.165) is 19.3 Å². The topological polar surface area (TPSA) is 97.7 Å². The summed E-state index contributed by atoms with van der Waals surface area (Å²) in [5, 5.41) is 0. The van der Waals surface area contributed by atoms with Gasteiger partial charge >= 0.3 is 10.0 Å². The Morgan fingerprint density at radius 2 is 1.86 bits per heavy atom. The lowest BCUT2D eigenvalue weighted by atomic mass is 9.86. The van der Waals surface area contributed by atoms with Crippen LogP contribution in [-0.2, 0) is 24.9 Å². The number of hydrogen-bond donors (Lipinski definition) is 1. The third kappa shape index (κ3) is 2.82. The summed E-state index contributed by atoms with van der Waals surface area (Å²) >= 11 is 0. The molecule has 2 fully saturated rings. The molecule has 0 aromatic carbocycles. The minimum atomic E-state index is -4.18. The lowest BCUT2D eigenvalue weighted by molar-refractivity contribution is -0.778. The highest BCUT2D eigenvalue weighted by Crippen LogP contribution is 2.61. The first-order valence-corrected chi connectivity index (χ1v) is 10.8. The normalized spacial score (nSPS) is 37.3. The zero-order valence-electron chi connectivity index (χ0n) is 13.2. The SMILES string of the molecule is CCC[N+]1(CCOCS(=O)(=O)O)C2(CCC(C)CC2)S1(=O)=O. The molecule has 130 valence electrons. The van der Waals surface area contributed by atoms with E-state index in [1.165, 1.54) is 0 Å². The predicted molar refractivity (Wildman–Crippen MR) is 81.9 cm³/mol. The number of nitrogens with zero attached hydrogens (tertiary/aromatic N) is 1. The van der Waals surface area contributed by atoms with Gasteiger partial charge in [-0.05, 0) is 25.2 Å². The third-order valence-electron chi connectivity index (χ3n) is 5.12. The maximum Gasteiger partial charge on any atom is 0.356 e. The van der Waals surface area contributed by atoms with E-state index in [4.69, 9.17) is 9.29 Å². The van der Waals surface area contributed by atoms with Gasteiger partial charge in [-0.25, -0.2) is 0 Å². The largest absolute Gasteiger partial charge is 0.357 e. The van der Waals surface area contributed by atoms with Crippen LogP contribution < -0.4 is 0 Å². The second-order valence-corrected chi connectivity index (χ2v) is 10.4. The van der Waals surface area contributed by atoms with Gasteiger partial charge in [-0.1, -0.05) is 13.8 Å². The molecule has 0 radical (unpaired) electrons. The van der Waals surface area contributed by atoms with E-state index < -0.39 is 31.0 Å². The van der Waals surface area contributed by atoms with Crippen LogP contribution >= 0.6 is 0 Å². The van der Waals surface area contributed by atoms with Crippen LogP contribution in [0.15, 0.2) is 0 Å². The lowest BCUT2D eigenvalue weighted by Gasteiger charge is -2.26. The Kier molecular flexibility index (Phi) is 4.95. The van der Waals surface area contributed by atoms with Gasteiger partial charge in [0.2, 0.25) is 0 Å². The van der Waals surface area contributed by atoms with E-state index in [-0.39, 0.29) is 17.0 Å². The molecule has 0 aromatic heterocycles. The standard InChI is InChI=1S/C13H25NO6S2/c1-3-8-14(9-10-20-11-21(15,16)17)13(22(14,18)19)6-4-12(2)5-7-13/h12H,3-11H2,1-2H3/p+1. The van der Waals surface area contributed by atoms with Crippen molar-refractivity contribution in [3.8, 4) is 0 Å². The number of quaternary nitrogens is 1. The molecule has 1 saturated heterocycles. The molecule has 22 heavy (non-hydrogen) atoms. The Morgan fingerprint density at radius 3 is 2.36 bits per heavy atom. The van der Waals surface area contributed by atoms with Crippen LogP contribution in [0, 0.1) is 5.92 Å². The summed E-state index contributed by atoms with van der Waals surface area (Å²) in [6, 6.07) is 0. The van der Waals surface area contributed by atoms with Crippen LogP contribution in [0.5, 0.6) is 0 Å². The molecule has 1 spiro atoms. The van der Waals surface area contributed by atoms with Crippen molar-refractivity contribution in [2.45, 2.75) is 50.8 Å². The molecule has 1 atom stereocenters. The van der Waals surface area contributed by atoms with Gasteiger partial charge in [0.25, 0.3) is 15.0 Å². The quantitative estimate of drug-likeness (QED) is 0.320. The summed E-state index contributed by atoms with van der Waals surface area (Å²) in [4.78, 5) is -0.684. The van der Waals surface area contributed by atoms with E-state index in [2.05, 4.69) is 6.92 Å². The smallest absolute Gasteiger partial charge is 0.356 e. The Morgan fingerprint density at radius 1 is 1.27 bits per heavy atom. The first kappa shape index (κ1) is 18.1. The molecule has 2 aliphatic rings. The highest BCUT2D eigenvalue weighted by atomic mass is 32.2. The minimum Gasteiger partial charge on any atom is -0.357 e. The average Bonchev–Trinajstić information content (AvgIpc) is 2.79. The van der Waals surface area contributed by atoms with Crippen molar-refractivity contribution < 1.29 is 30.0 Å². The molecular weight excluding hydrogens is 330 g/mol. The van der Waals surface area contributed by atoms with Gasteiger partial charge in [0.1, 0.15) is 6.54 Å². The van der Waals surface area contributed by atoms with Gasteiger partial charge in [-0.2, -0.15) is 20.7 Å². The maximum absolute atomic E-state index is 12.7. The van der Waals surface area contributed by atoms with Crippen molar-refractivity contribution >= 4 is 20.1 Å². The molecule has 0 aromatic rings. The van der Waals surface area contributed by atoms with Crippen molar-refractivity contribution in [2.75, 3.05) is 25.6 Å². The second-order valence-electron chi connectivity index (χ2n) is 6.55. The fraction of sp³-hybridized carbons (Fsp3) is 1.00. The molecule has 2 rings (SSSR count). The average molecular weight is 356 g/mol. The molecule has 0 amide bonds. The number of ether oxygens (including phenoxy) is 1. The summed E-state index contributed by atoms with van der Waals surface area (Å²) in [6.45, 7) is 4.89. The van der Waals surface area contributed by atoms with Crippen LogP contribution in [0.1, 0.15) is 46.0 Å². The van der Waals surface area contributed by atoms with Crippen molar-refractivity contribution in [1.29, 1.82) is 0 Å². The Bertz CT molecular complexity index is 606. The summed E-state index contributed by atoms with van der Waals surface area (Å²) in [5.74, 6) is -0.232. The third-order valence-corrected chi connectivity index (χ3v) is 8.76. The highest BCUT2D eigenvalue weighted by Gasteiger charge is 2.85. The molecule has 1 heterocycles. The minimum absolute atomic E-state index is 0.0102. The van der Waals surface area contributed by atoms with E-state index in [9.17, 15) is 16.8 Å². The Labute approximate surface area is 133 Å². The van der Waals surface area contributed by atoms with Gasteiger partial charge in [-0.3, -0.25) is 4.55 Å². The predicted octanol–water partition coefficient (Wildman–Crippen LogP) is 1.32. The van der Waals surface area contributed by atoms with E-state index in [0.29, 0.717) is 25.3 Å². The van der Waals surface area contributed by atoms with Crippen LogP contribution in [0.25, 0.3) is 0 Å². The van der Waals surface area contributed by atoms with Gasteiger partial charge in [-0.15, -0.1) is 0 Å². The molecule has 7 nitrogen and oxygen atoms in total. The van der Waals surface area contributed by atoms with E-state index in [1.54, 1.807) is 0 Å². The maximum atomic E-state index is 12.7. The van der Waals surface area contributed by atoms with Gasteiger partial charge in [0.05, 0.1) is 13.2 Å². The molecular formula is C13H26NO6S2+. The van der Waals surface area contributed by atoms with Crippen molar-refractivity contribution in [2.24, 2.45) is 5.92 Å². The fourth-order valence-electron chi connectivity index (χ4n) is 3.92. The molecule has 1 saturated carbocycles. The first-order valence-electron chi connectivity index (χ1n) is 7.77. The van der Waals surface area contributed by atoms with Crippen LogP contribution in [0.4, 0.5) is 0 Å². The molecule has 1 unspecified atom stereocenters. The van der Waals surface area contributed by atoms with Gasteiger partial charge in [0.15, 0.2) is 5.94 Å². The summed E-state index contributed by atoms with van der Waals surface area (Å²) < 4.78 is 60.4. The van der Waals surface area contributed by atoms with E-state index >= 15 is 0 Å². The summed E-state index contributed by atoms with van der Waals surface area (Å²) in [7, 11) is -7.42. The number of sulfonamides is 1. The molecule has 1 aliphatic heterocycles. The monoisotopic (exact) mass is 356 g/mol. The number of rotatable bonds is 7. The van der Waals surface area contributed by atoms with Crippen LogP contribution in [0.2, 0.25) is 0 Å². The molecule has 1 aliphatic carbocycles. The highest BCUT2D eigenvalue weighted by molar-refractivity contribution is 7.92. The van der Waals surface area contributed by atoms with E-state index in [1.807, 2.05) is 6.92 Å². The van der Waals surface area contributed by atoms with Crippen LogP contribution in [0.3, 0.4) is 0 Å². The van der Waals surface area contributed by atoms with Crippen LogP contribution in [-0.4, -0.2) is 55.8 Å². The summed E-state index contributed by atoms with van der Waals surface area (Å²) in [6.07, 6.45) is 3.92. The Balaban J connectivity index is 2.09. The van der Waals surface area contributed by atoms with Crippen molar-refractivity contribution in [3.63, 3.8) is 0 Å². The van der Waals surface area contributed by atoms with Gasteiger partial charge in [0, 0.05) is 12.8 Å².